The Morgan fingerprint density at radius 1 is 1.19 bits per heavy atom. The lowest BCUT2D eigenvalue weighted by molar-refractivity contribution is 0.0394. The zero-order chi connectivity index (χ0) is 15.5. The third-order valence-electron chi connectivity index (χ3n) is 3.69. The molecule has 1 saturated heterocycles. The molecule has 1 fully saturated rings. The van der Waals surface area contributed by atoms with Crippen LogP contribution in [0.2, 0.25) is 0 Å². The summed E-state index contributed by atoms with van der Waals surface area (Å²) in [5.74, 6) is 1.71. The summed E-state index contributed by atoms with van der Waals surface area (Å²) in [6.45, 7) is 15.4. The van der Waals surface area contributed by atoms with Crippen molar-refractivity contribution in [2.75, 3.05) is 45.9 Å². The van der Waals surface area contributed by atoms with Gasteiger partial charge in [0.2, 0.25) is 0 Å². The summed E-state index contributed by atoms with van der Waals surface area (Å²) in [4.78, 5) is 7.10. The molecule has 1 heterocycles. The first-order valence-corrected chi connectivity index (χ1v) is 8.46. The minimum Gasteiger partial charge on any atom is -0.379 e. The zero-order valence-electron chi connectivity index (χ0n) is 14.3. The van der Waals surface area contributed by atoms with E-state index in [2.05, 4.69) is 48.2 Å². The highest BCUT2D eigenvalue weighted by molar-refractivity contribution is 5.80. The van der Waals surface area contributed by atoms with Crippen LogP contribution in [0.1, 0.15) is 40.5 Å². The van der Waals surface area contributed by atoms with E-state index in [0.717, 1.165) is 57.8 Å². The van der Waals surface area contributed by atoms with E-state index in [1.165, 1.54) is 12.8 Å². The van der Waals surface area contributed by atoms with Crippen LogP contribution in [0.3, 0.4) is 0 Å². The topological polar surface area (TPSA) is 48.9 Å². The van der Waals surface area contributed by atoms with E-state index in [4.69, 9.17) is 4.74 Å². The number of hydrogen-bond acceptors (Lipinski definition) is 3. The van der Waals surface area contributed by atoms with Gasteiger partial charge in [-0.25, -0.2) is 0 Å². The van der Waals surface area contributed by atoms with Gasteiger partial charge in [-0.15, -0.1) is 0 Å². The van der Waals surface area contributed by atoms with Crippen molar-refractivity contribution < 1.29 is 4.74 Å². The largest absolute Gasteiger partial charge is 0.379 e. The summed E-state index contributed by atoms with van der Waals surface area (Å²) in [7, 11) is 0. The number of nitrogens with zero attached hydrogens (tertiary/aromatic N) is 2. The fourth-order valence-electron chi connectivity index (χ4n) is 2.34. The summed E-state index contributed by atoms with van der Waals surface area (Å²) in [5.41, 5.74) is 0. The molecule has 1 aliphatic heterocycles. The molecule has 1 aliphatic rings. The number of ether oxygens (including phenoxy) is 1. The van der Waals surface area contributed by atoms with Crippen molar-refractivity contribution in [3.8, 4) is 0 Å². The third kappa shape index (κ3) is 8.94. The molecule has 1 rings (SSSR count). The molecule has 1 unspecified atom stereocenters. The van der Waals surface area contributed by atoms with Crippen molar-refractivity contribution >= 4 is 5.96 Å². The Morgan fingerprint density at radius 3 is 2.52 bits per heavy atom. The average molecular weight is 298 g/mol. The van der Waals surface area contributed by atoms with Crippen molar-refractivity contribution in [2.45, 2.75) is 46.6 Å². The van der Waals surface area contributed by atoms with Gasteiger partial charge in [0.15, 0.2) is 5.96 Å². The molecule has 2 N–H and O–H groups in total. The molecule has 0 aromatic carbocycles. The zero-order valence-corrected chi connectivity index (χ0v) is 14.3. The number of rotatable bonds is 8. The van der Waals surface area contributed by atoms with Crippen LogP contribution in [0, 0.1) is 5.92 Å². The number of aliphatic imine (C=N–C) groups is 1. The second-order valence-corrected chi connectivity index (χ2v) is 6.23. The molecule has 0 radical (unpaired) electrons. The molecule has 5 nitrogen and oxygen atoms in total. The van der Waals surface area contributed by atoms with Gasteiger partial charge in [0.1, 0.15) is 0 Å². The van der Waals surface area contributed by atoms with E-state index in [0.29, 0.717) is 6.04 Å². The molecule has 124 valence electrons. The van der Waals surface area contributed by atoms with Crippen LogP contribution in [-0.2, 0) is 4.74 Å². The summed E-state index contributed by atoms with van der Waals surface area (Å²) in [6.07, 6.45) is 2.44. The van der Waals surface area contributed by atoms with E-state index < -0.39 is 0 Å². The first-order valence-electron chi connectivity index (χ1n) is 8.46. The van der Waals surface area contributed by atoms with E-state index in [1.54, 1.807) is 0 Å². The quantitative estimate of drug-likeness (QED) is 0.529. The van der Waals surface area contributed by atoms with Gasteiger partial charge in [-0.05, 0) is 32.6 Å². The monoisotopic (exact) mass is 298 g/mol. The van der Waals surface area contributed by atoms with Crippen molar-refractivity contribution in [2.24, 2.45) is 10.9 Å². The lowest BCUT2D eigenvalue weighted by Crippen LogP contribution is -2.43. The summed E-state index contributed by atoms with van der Waals surface area (Å²) in [5, 5.41) is 6.84. The Morgan fingerprint density at radius 2 is 1.90 bits per heavy atom. The van der Waals surface area contributed by atoms with Gasteiger partial charge in [0.05, 0.1) is 19.8 Å². The molecule has 5 heteroatoms. The maximum Gasteiger partial charge on any atom is 0.191 e. The standard InChI is InChI=1S/C16H34N4O/c1-5-17-16(19-15(4)7-6-14(2)3)18-8-9-20-10-12-21-13-11-20/h14-15H,5-13H2,1-4H3,(H2,17,18,19). The number of hydrogen-bond donors (Lipinski definition) is 2. The van der Waals surface area contributed by atoms with Gasteiger partial charge in [0.25, 0.3) is 0 Å². The molecule has 0 aliphatic carbocycles. The van der Waals surface area contributed by atoms with Crippen molar-refractivity contribution in [3.05, 3.63) is 0 Å². The van der Waals surface area contributed by atoms with Gasteiger partial charge in [-0.2, -0.15) is 0 Å². The molecule has 0 amide bonds. The van der Waals surface area contributed by atoms with E-state index in [1.807, 2.05) is 0 Å². The summed E-state index contributed by atoms with van der Waals surface area (Å²) >= 11 is 0. The second-order valence-electron chi connectivity index (χ2n) is 6.23. The predicted molar refractivity (Wildman–Crippen MR) is 89.9 cm³/mol. The Hall–Kier alpha value is -0.810. The first kappa shape index (κ1) is 18.2. The first-order chi connectivity index (χ1) is 10.1. The number of nitrogens with one attached hydrogen (secondary N) is 2. The second kappa shape index (κ2) is 10.9. The average Bonchev–Trinajstić information content (AvgIpc) is 2.46. The smallest absolute Gasteiger partial charge is 0.191 e. The van der Waals surface area contributed by atoms with Gasteiger partial charge < -0.3 is 15.4 Å². The Labute approximate surface area is 130 Å². The molecular weight excluding hydrogens is 264 g/mol. The highest BCUT2D eigenvalue weighted by Gasteiger charge is 2.10. The van der Waals surface area contributed by atoms with E-state index in [9.17, 15) is 0 Å². The maximum atomic E-state index is 5.36. The Balaban J connectivity index is 2.30. The summed E-state index contributed by atoms with van der Waals surface area (Å²) in [6, 6.07) is 0.466. The molecule has 21 heavy (non-hydrogen) atoms. The maximum absolute atomic E-state index is 5.36. The summed E-state index contributed by atoms with van der Waals surface area (Å²) < 4.78 is 5.36. The highest BCUT2D eigenvalue weighted by Crippen LogP contribution is 2.06. The molecule has 1 atom stereocenters. The fraction of sp³-hybridized carbons (Fsp3) is 0.938. The lowest BCUT2D eigenvalue weighted by atomic mass is 10.0. The third-order valence-corrected chi connectivity index (χ3v) is 3.69. The van der Waals surface area contributed by atoms with Gasteiger partial charge >= 0.3 is 0 Å². The van der Waals surface area contributed by atoms with E-state index >= 15 is 0 Å². The van der Waals surface area contributed by atoms with Crippen LogP contribution in [-0.4, -0.2) is 62.8 Å². The lowest BCUT2D eigenvalue weighted by Gasteiger charge is -2.26. The fourth-order valence-corrected chi connectivity index (χ4v) is 2.34. The van der Waals surface area contributed by atoms with Crippen LogP contribution in [0.25, 0.3) is 0 Å². The minimum absolute atomic E-state index is 0.466. The van der Waals surface area contributed by atoms with E-state index in [-0.39, 0.29) is 0 Å². The highest BCUT2D eigenvalue weighted by atomic mass is 16.5. The molecule has 0 saturated carbocycles. The van der Waals surface area contributed by atoms with Gasteiger partial charge in [0, 0.05) is 32.2 Å². The van der Waals surface area contributed by atoms with Crippen molar-refractivity contribution in [1.82, 2.24) is 15.5 Å². The molecular formula is C16H34N4O. The molecule has 0 aromatic heterocycles. The van der Waals surface area contributed by atoms with Gasteiger partial charge in [-0.1, -0.05) is 13.8 Å². The van der Waals surface area contributed by atoms with Crippen LogP contribution in [0.4, 0.5) is 0 Å². The molecule has 0 spiro atoms. The predicted octanol–water partition coefficient (Wildman–Crippen LogP) is 1.70. The molecule has 0 aromatic rings. The van der Waals surface area contributed by atoms with Gasteiger partial charge in [-0.3, -0.25) is 9.89 Å². The van der Waals surface area contributed by atoms with Crippen LogP contribution in [0.15, 0.2) is 4.99 Å². The van der Waals surface area contributed by atoms with Crippen LogP contribution < -0.4 is 10.6 Å². The molecule has 0 bridgehead atoms. The normalized spacial score (nSPS) is 18.8. The van der Waals surface area contributed by atoms with Crippen molar-refractivity contribution in [3.63, 3.8) is 0 Å². The number of morpholine rings is 1. The van der Waals surface area contributed by atoms with Crippen LogP contribution in [0.5, 0.6) is 0 Å². The SMILES string of the molecule is CCNC(=NCCN1CCOCC1)NC(C)CCC(C)C. The number of guanidine groups is 1. The minimum atomic E-state index is 0.466. The Kier molecular flexibility index (Phi) is 9.42. The Bertz CT molecular complexity index is 288. The van der Waals surface area contributed by atoms with Crippen molar-refractivity contribution in [1.29, 1.82) is 0 Å². The van der Waals surface area contributed by atoms with Crippen LogP contribution >= 0.6 is 0 Å².